The molecule has 1 amide bonds. The third-order valence-corrected chi connectivity index (χ3v) is 4.20. The molecule has 0 aromatic carbocycles. The van der Waals surface area contributed by atoms with Crippen molar-refractivity contribution in [3.63, 3.8) is 0 Å². The topological polar surface area (TPSA) is 40.5 Å². The Morgan fingerprint density at radius 1 is 0.875 bits per heavy atom. The molecule has 0 saturated heterocycles. The summed E-state index contributed by atoms with van der Waals surface area (Å²) in [5.41, 5.74) is 0. The maximum Gasteiger partial charge on any atom is 0.222 e. The van der Waals surface area contributed by atoms with Gasteiger partial charge in [0.25, 0.3) is 0 Å². The molecule has 0 aliphatic rings. The van der Waals surface area contributed by atoms with Gasteiger partial charge in [0.2, 0.25) is 5.91 Å². The van der Waals surface area contributed by atoms with Gasteiger partial charge in [0, 0.05) is 20.0 Å². The molecule has 0 rings (SSSR count). The van der Waals surface area contributed by atoms with E-state index in [9.17, 15) is 4.79 Å². The number of likely N-dealkylation sites (N-methyl/N-ethyl adjacent to an activating group) is 1. The van der Waals surface area contributed by atoms with Gasteiger partial charge in [-0.1, -0.05) is 63.3 Å². The molecule has 0 aromatic heterocycles. The zero-order valence-corrected chi connectivity index (χ0v) is 16.0. The number of aliphatic hydroxyl groups excluding tert-OH is 1. The van der Waals surface area contributed by atoms with Gasteiger partial charge in [-0.2, -0.15) is 0 Å². The van der Waals surface area contributed by atoms with E-state index in [2.05, 4.69) is 31.2 Å². The minimum absolute atomic E-state index is 0.0460. The molecular weight excluding hydrogens is 298 g/mol. The summed E-state index contributed by atoms with van der Waals surface area (Å²) in [5, 5.41) is 8.79. The van der Waals surface area contributed by atoms with Crippen molar-refractivity contribution in [1.29, 1.82) is 0 Å². The average molecular weight is 338 g/mol. The number of allylic oxidation sites excluding steroid dienone is 4. The summed E-state index contributed by atoms with van der Waals surface area (Å²) in [5.74, 6) is 0.148. The van der Waals surface area contributed by atoms with Crippen LogP contribution in [0.15, 0.2) is 24.3 Å². The molecule has 0 aliphatic carbocycles. The van der Waals surface area contributed by atoms with Crippen molar-refractivity contribution in [3.8, 4) is 0 Å². The molecule has 0 aliphatic heterocycles. The van der Waals surface area contributed by atoms with Gasteiger partial charge in [-0.3, -0.25) is 4.79 Å². The second kappa shape index (κ2) is 18.3. The Kier molecular flexibility index (Phi) is 17.4. The van der Waals surface area contributed by atoms with Gasteiger partial charge >= 0.3 is 0 Å². The van der Waals surface area contributed by atoms with Gasteiger partial charge in [0.05, 0.1) is 6.61 Å². The number of nitrogens with zero attached hydrogens (tertiary/aromatic N) is 1. The largest absolute Gasteiger partial charge is 0.395 e. The molecule has 0 aromatic rings. The molecule has 0 heterocycles. The van der Waals surface area contributed by atoms with Gasteiger partial charge in [-0.25, -0.2) is 0 Å². The Hall–Kier alpha value is -1.09. The monoisotopic (exact) mass is 337 g/mol. The molecule has 0 bridgehead atoms. The first-order chi connectivity index (χ1) is 11.7. The molecule has 1 N–H and O–H groups in total. The van der Waals surface area contributed by atoms with E-state index >= 15 is 0 Å². The molecule has 0 radical (unpaired) electrons. The predicted molar refractivity (Wildman–Crippen MR) is 104 cm³/mol. The van der Waals surface area contributed by atoms with Crippen molar-refractivity contribution in [2.45, 2.75) is 84.0 Å². The Morgan fingerprint density at radius 3 is 2.08 bits per heavy atom. The second-order valence-corrected chi connectivity index (χ2v) is 6.52. The van der Waals surface area contributed by atoms with Gasteiger partial charge in [0.15, 0.2) is 0 Å². The lowest BCUT2D eigenvalue weighted by Gasteiger charge is -2.15. The molecule has 3 heteroatoms. The molecule has 0 spiro atoms. The van der Waals surface area contributed by atoms with E-state index < -0.39 is 0 Å². The second-order valence-electron chi connectivity index (χ2n) is 6.52. The first-order valence-electron chi connectivity index (χ1n) is 9.87. The third kappa shape index (κ3) is 15.8. The number of hydrogen-bond donors (Lipinski definition) is 1. The van der Waals surface area contributed by atoms with E-state index in [-0.39, 0.29) is 12.5 Å². The summed E-state index contributed by atoms with van der Waals surface area (Å²) in [6, 6.07) is 0. The van der Waals surface area contributed by atoms with Crippen LogP contribution < -0.4 is 0 Å². The SMILES string of the molecule is CCCCC/C=C\C/C=C\CCCCCCCC(=O)N(C)CCO. The number of rotatable bonds is 16. The summed E-state index contributed by atoms with van der Waals surface area (Å²) in [4.78, 5) is 13.3. The molecule has 140 valence electrons. The van der Waals surface area contributed by atoms with Crippen molar-refractivity contribution in [2.75, 3.05) is 20.2 Å². The summed E-state index contributed by atoms with van der Waals surface area (Å²) in [7, 11) is 1.76. The maximum atomic E-state index is 11.7. The number of hydrogen-bond acceptors (Lipinski definition) is 2. The van der Waals surface area contributed by atoms with E-state index in [1.807, 2.05) is 0 Å². The summed E-state index contributed by atoms with van der Waals surface area (Å²) >= 11 is 0. The van der Waals surface area contributed by atoms with Crippen LogP contribution in [0.3, 0.4) is 0 Å². The molecular formula is C21H39NO2. The van der Waals surface area contributed by atoms with Gasteiger partial charge in [-0.15, -0.1) is 0 Å². The average Bonchev–Trinajstić information content (AvgIpc) is 2.58. The van der Waals surface area contributed by atoms with Crippen molar-refractivity contribution >= 4 is 5.91 Å². The molecule has 24 heavy (non-hydrogen) atoms. The van der Waals surface area contributed by atoms with Crippen molar-refractivity contribution in [2.24, 2.45) is 0 Å². The highest BCUT2D eigenvalue weighted by molar-refractivity contribution is 5.75. The summed E-state index contributed by atoms with van der Waals surface area (Å²) in [6.07, 6.45) is 23.0. The van der Waals surface area contributed by atoms with Crippen LogP contribution in [0.1, 0.15) is 84.0 Å². The fraction of sp³-hybridized carbons (Fsp3) is 0.762. The Morgan fingerprint density at radius 2 is 1.46 bits per heavy atom. The lowest BCUT2D eigenvalue weighted by atomic mass is 10.1. The van der Waals surface area contributed by atoms with Crippen LogP contribution in [0.5, 0.6) is 0 Å². The van der Waals surface area contributed by atoms with Crippen molar-refractivity contribution in [3.05, 3.63) is 24.3 Å². The molecule has 3 nitrogen and oxygen atoms in total. The molecule has 0 saturated carbocycles. The minimum Gasteiger partial charge on any atom is -0.395 e. The van der Waals surface area contributed by atoms with E-state index in [0.717, 1.165) is 19.3 Å². The zero-order valence-electron chi connectivity index (χ0n) is 16.0. The highest BCUT2D eigenvalue weighted by Gasteiger charge is 2.06. The van der Waals surface area contributed by atoms with Crippen LogP contribution in [0, 0.1) is 0 Å². The molecule has 0 atom stereocenters. The standard InChI is InChI=1S/C21H39NO2/c1-3-4-5-6-7-8-9-10-11-12-13-14-15-16-17-18-21(24)22(2)19-20-23/h7-8,10-11,23H,3-6,9,12-20H2,1-2H3/b8-7-,11-10-. The van der Waals surface area contributed by atoms with Crippen molar-refractivity contribution < 1.29 is 9.90 Å². The normalized spacial score (nSPS) is 11.6. The quantitative estimate of drug-likeness (QED) is 0.309. The van der Waals surface area contributed by atoms with Crippen LogP contribution in [0.4, 0.5) is 0 Å². The number of aliphatic hydroxyl groups is 1. The number of amides is 1. The molecule has 0 unspecified atom stereocenters. The number of carbonyl (C=O) groups excluding carboxylic acids is 1. The van der Waals surface area contributed by atoms with Gasteiger partial charge < -0.3 is 10.0 Å². The van der Waals surface area contributed by atoms with E-state index in [1.54, 1.807) is 11.9 Å². The van der Waals surface area contributed by atoms with Crippen LogP contribution in [0.2, 0.25) is 0 Å². The first kappa shape index (κ1) is 22.9. The van der Waals surface area contributed by atoms with E-state index in [1.165, 1.54) is 51.4 Å². The Bertz CT molecular complexity index is 337. The van der Waals surface area contributed by atoms with Crippen LogP contribution in [-0.2, 0) is 4.79 Å². The predicted octanol–water partition coefficient (Wildman–Crippen LogP) is 5.25. The minimum atomic E-state index is 0.0460. The van der Waals surface area contributed by atoms with Gasteiger partial charge in [0.1, 0.15) is 0 Å². The maximum absolute atomic E-state index is 11.7. The van der Waals surface area contributed by atoms with E-state index in [0.29, 0.717) is 13.0 Å². The lowest BCUT2D eigenvalue weighted by Crippen LogP contribution is -2.29. The van der Waals surface area contributed by atoms with Crippen LogP contribution >= 0.6 is 0 Å². The van der Waals surface area contributed by atoms with Crippen molar-refractivity contribution in [1.82, 2.24) is 4.90 Å². The highest BCUT2D eigenvalue weighted by atomic mass is 16.3. The number of unbranched alkanes of at least 4 members (excludes halogenated alkanes) is 8. The zero-order chi connectivity index (χ0) is 17.9. The van der Waals surface area contributed by atoms with Crippen LogP contribution in [0.25, 0.3) is 0 Å². The fourth-order valence-corrected chi connectivity index (χ4v) is 2.55. The number of carbonyl (C=O) groups is 1. The molecule has 0 fully saturated rings. The Balaban J connectivity index is 3.33. The Labute approximate surface area is 149 Å². The highest BCUT2D eigenvalue weighted by Crippen LogP contribution is 2.09. The van der Waals surface area contributed by atoms with E-state index in [4.69, 9.17) is 5.11 Å². The smallest absolute Gasteiger partial charge is 0.222 e. The van der Waals surface area contributed by atoms with Gasteiger partial charge in [-0.05, 0) is 38.5 Å². The fourth-order valence-electron chi connectivity index (χ4n) is 2.55. The van der Waals surface area contributed by atoms with Crippen LogP contribution in [-0.4, -0.2) is 36.1 Å². The summed E-state index contributed by atoms with van der Waals surface area (Å²) < 4.78 is 0. The lowest BCUT2D eigenvalue weighted by molar-refractivity contribution is -0.130. The summed E-state index contributed by atoms with van der Waals surface area (Å²) in [6.45, 7) is 2.73. The first-order valence-corrected chi connectivity index (χ1v) is 9.87. The third-order valence-electron chi connectivity index (χ3n) is 4.20.